The highest BCUT2D eigenvalue weighted by molar-refractivity contribution is 5.91. The molecule has 1 amide bonds. The summed E-state index contributed by atoms with van der Waals surface area (Å²) in [6, 6.07) is 3.32. The molecule has 0 saturated carbocycles. The smallest absolute Gasteiger partial charge is 0.336 e. The number of ether oxygens (including phenoxy) is 3. The lowest BCUT2D eigenvalue weighted by Crippen LogP contribution is -2.47. The second-order valence-electron chi connectivity index (χ2n) is 9.82. The number of amides is 1. The van der Waals surface area contributed by atoms with Crippen molar-refractivity contribution >= 4 is 16.9 Å². The van der Waals surface area contributed by atoms with Crippen LogP contribution >= 0.6 is 0 Å². The summed E-state index contributed by atoms with van der Waals surface area (Å²) >= 11 is 0. The Bertz CT molecular complexity index is 1070. The van der Waals surface area contributed by atoms with Gasteiger partial charge in [-0.3, -0.25) is 4.79 Å². The zero-order valence-electron chi connectivity index (χ0n) is 18.9. The molecule has 1 saturated heterocycles. The van der Waals surface area contributed by atoms with Gasteiger partial charge in [-0.05, 0) is 65.9 Å². The predicted octanol–water partition coefficient (Wildman–Crippen LogP) is 3.66. The maximum atomic E-state index is 12.6. The molecule has 0 bridgehead atoms. The first-order valence-electron chi connectivity index (χ1n) is 10.9. The average molecular weight is 430 g/mol. The average Bonchev–Trinajstić information content (AvgIpc) is 2.63. The van der Waals surface area contributed by atoms with Crippen LogP contribution in [0, 0.1) is 6.92 Å². The maximum Gasteiger partial charge on any atom is 0.336 e. The second-order valence-corrected chi connectivity index (χ2v) is 9.82. The van der Waals surface area contributed by atoms with Crippen LogP contribution in [0.1, 0.15) is 58.1 Å². The van der Waals surface area contributed by atoms with Crippen molar-refractivity contribution < 1.29 is 23.4 Å². The number of benzene rings is 1. The molecule has 0 radical (unpaired) electrons. The Balaban J connectivity index is 1.59. The Labute approximate surface area is 182 Å². The first-order chi connectivity index (χ1) is 14.5. The molecule has 7 nitrogen and oxygen atoms in total. The van der Waals surface area contributed by atoms with Gasteiger partial charge in [0.1, 0.15) is 22.7 Å². The molecule has 1 atom stereocenters. The van der Waals surface area contributed by atoms with Gasteiger partial charge in [0.05, 0.1) is 11.0 Å². The number of hydrogen-bond donors (Lipinski definition) is 1. The second kappa shape index (κ2) is 7.86. The highest BCUT2D eigenvalue weighted by Gasteiger charge is 2.31. The van der Waals surface area contributed by atoms with Gasteiger partial charge in [-0.1, -0.05) is 0 Å². The Morgan fingerprint density at radius 1 is 1.23 bits per heavy atom. The molecule has 3 heterocycles. The van der Waals surface area contributed by atoms with Crippen LogP contribution in [0.25, 0.3) is 11.0 Å². The van der Waals surface area contributed by atoms with E-state index in [1.54, 1.807) is 0 Å². The number of nitrogens with one attached hydrogen (secondary N) is 1. The molecule has 7 heteroatoms. The minimum atomic E-state index is -0.408. The van der Waals surface area contributed by atoms with Gasteiger partial charge in [-0.2, -0.15) is 0 Å². The molecule has 2 aromatic rings. The highest BCUT2D eigenvalue weighted by Crippen LogP contribution is 2.42. The quantitative estimate of drug-likeness (QED) is 0.747. The molecule has 2 aliphatic heterocycles. The van der Waals surface area contributed by atoms with Crippen molar-refractivity contribution in [1.29, 1.82) is 0 Å². The number of hydrogen-bond acceptors (Lipinski definition) is 6. The fourth-order valence-corrected chi connectivity index (χ4v) is 4.50. The monoisotopic (exact) mass is 429 g/mol. The summed E-state index contributed by atoms with van der Waals surface area (Å²) in [7, 11) is 0. The van der Waals surface area contributed by atoms with Gasteiger partial charge < -0.3 is 23.9 Å². The third-order valence-electron chi connectivity index (χ3n) is 6.02. The minimum absolute atomic E-state index is 0.0593. The van der Waals surface area contributed by atoms with Crippen molar-refractivity contribution in [2.24, 2.45) is 0 Å². The molecular formula is C24H31NO6. The largest absolute Gasteiger partial charge is 0.487 e. The topological polar surface area (TPSA) is 87.0 Å². The Morgan fingerprint density at radius 2 is 2.00 bits per heavy atom. The molecule has 31 heavy (non-hydrogen) atoms. The number of rotatable bonds is 4. The first kappa shape index (κ1) is 21.7. The van der Waals surface area contributed by atoms with Crippen LogP contribution in [0.4, 0.5) is 0 Å². The van der Waals surface area contributed by atoms with E-state index in [1.165, 1.54) is 6.07 Å². The summed E-state index contributed by atoms with van der Waals surface area (Å²) in [5.41, 5.74) is 1.13. The lowest BCUT2D eigenvalue weighted by Gasteiger charge is -2.35. The van der Waals surface area contributed by atoms with Gasteiger partial charge >= 0.3 is 5.63 Å². The van der Waals surface area contributed by atoms with Crippen LogP contribution in [-0.4, -0.2) is 36.4 Å². The van der Waals surface area contributed by atoms with Crippen LogP contribution in [0.3, 0.4) is 0 Å². The Kier molecular flexibility index (Phi) is 5.50. The van der Waals surface area contributed by atoms with Crippen molar-refractivity contribution in [2.75, 3.05) is 13.2 Å². The van der Waals surface area contributed by atoms with E-state index < -0.39 is 5.63 Å². The summed E-state index contributed by atoms with van der Waals surface area (Å²) in [5, 5.41) is 3.75. The van der Waals surface area contributed by atoms with E-state index in [1.807, 2.05) is 40.7 Å². The predicted molar refractivity (Wildman–Crippen MR) is 117 cm³/mol. The van der Waals surface area contributed by atoms with Gasteiger partial charge in [0.2, 0.25) is 0 Å². The van der Waals surface area contributed by atoms with Gasteiger partial charge in [0.25, 0.3) is 5.91 Å². The van der Waals surface area contributed by atoms with Crippen LogP contribution in [0.2, 0.25) is 0 Å². The van der Waals surface area contributed by atoms with Crippen LogP contribution in [0.15, 0.2) is 21.3 Å². The van der Waals surface area contributed by atoms with Crippen LogP contribution in [-0.2, 0) is 16.0 Å². The molecule has 0 spiro atoms. The fraction of sp³-hybridized carbons (Fsp3) is 0.583. The minimum Gasteiger partial charge on any atom is -0.487 e. The number of carbonyl (C=O) groups excluding carboxylic acids is 1. The van der Waals surface area contributed by atoms with Gasteiger partial charge in [-0.25, -0.2) is 4.79 Å². The summed E-state index contributed by atoms with van der Waals surface area (Å²) in [4.78, 5) is 24.6. The van der Waals surface area contributed by atoms with Crippen molar-refractivity contribution in [3.05, 3.63) is 33.7 Å². The van der Waals surface area contributed by atoms with Crippen LogP contribution < -0.4 is 20.4 Å². The normalized spacial score (nSPS) is 21.8. The number of carbonyl (C=O) groups is 1. The zero-order valence-corrected chi connectivity index (χ0v) is 18.9. The molecule has 2 aliphatic rings. The van der Waals surface area contributed by atoms with Crippen molar-refractivity contribution in [1.82, 2.24) is 5.32 Å². The van der Waals surface area contributed by atoms with E-state index in [4.69, 9.17) is 18.6 Å². The summed E-state index contributed by atoms with van der Waals surface area (Å²) < 4.78 is 23.4. The molecule has 1 N–H and O–H groups in total. The Morgan fingerprint density at radius 3 is 2.74 bits per heavy atom. The highest BCUT2D eigenvalue weighted by atomic mass is 16.5. The molecule has 4 rings (SSSR count). The molecule has 1 aromatic carbocycles. The SMILES string of the molecule is Cc1cc(=O)oc2c3c(cc(OCC(=O)N[C@@H]4CCOC(C)(C)C4)c12)OC(C)(C)CC3. The number of fused-ring (bicyclic) bond motifs is 3. The third kappa shape index (κ3) is 4.71. The van der Waals surface area contributed by atoms with Crippen molar-refractivity contribution in [3.8, 4) is 11.5 Å². The van der Waals surface area contributed by atoms with Crippen molar-refractivity contribution in [3.63, 3.8) is 0 Å². The molecule has 1 aromatic heterocycles. The van der Waals surface area contributed by atoms with Crippen LogP contribution in [0.5, 0.6) is 11.5 Å². The molecular weight excluding hydrogens is 398 g/mol. The third-order valence-corrected chi connectivity index (χ3v) is 6.02. The molecule has 1 fully saturated rings. The molecule has 168 valence electrons. The van der Waals surface area contributed by atoms with E-state index in [0.717, 1.165) is 36.8 Å². The lowest BCUT2D eigenvalue weighted by atomic mass is 9.92. The number of aryl methyl sites for hydroxylation is 2. The first-order valence-corrected chi connectivity index (χ1v) is 10.9. The zero-order chi connectivity index (χ0) is 22.4. The summed E-state index contributed by atoms with van der Waals surface area (Å²) in [6.45, 7) is 10.4. The Hall–Kier alpha value is -2.54. The summed E-state index contributed by atoms with van der Waals surface area (Å²) in [5.74, 6) is 0.930. The lowest BCUT2D eigenvalue weighted by molar-refractivity contribution is -0.126. The standard InChI is InChI=1S/C24H31NO6/c1-14-10-20(27)30-22-16-6-8-23(2,3)31-17(16)11-18(21(14)22)28-13-19(26)25-15-7-9-29-24(4,5)12-15/h10-11,15H,6-9,12-13H2,1-5H3,(H,25,26)/t15-/m1/s1. The maximum absolute atomic E-state index is 12.6. The van der Waals surface area contributed by atoms with Gasteiger partial charge in [0, 0.05) is 30.3 Å². The summed E-state index contributed by atoms with van der Waals surface area (Å²) in [6.07, 6.45) is 3.10. The van der Waals surface area contributed by atoms with E-state index in [0.29, 0.717) is 29.1 Å². The molecule has 0 unspecified atom stereocenters. The molecule has 0 aliphatic carbocycles. The van der Waals surface area contributed by atoms with E-state index in [9.17, 15) is 9.59 Å². The van der Waals surface area contributed by atoms with Gasteiger partial charge in [-0.15, -0.1) is 0 Å². The van der Waals surface area contributed by atoms with E-state index in [-0.39, 0.29) is 29.8 Å². The van der Waals surface area contributed by atoms with Crippen molar-refractivity contribution in [2.45, 2.75) is 77.5 Å². The fourth-order valence-electron chi connectivity index (χ4n) is 4.50. The van der Waals surface area contributed by atoms with E-state index >= 15 is 0 Å². The van der Waals surface area contributed by atoms with Gasteiger partial charge in [0.15, 0.2) is 6.61 Å². The van der Waals surface area contributed by atoms with E-state index in [2.05, 4.69) is 5.32 Å².